The molecule has 4 heteroatoms. The van der Waals surface area contributed by atoms with Gasteiger partial charge in [0.15, 0.2) is 5.43 Å². The summed E-state index contributed by atoms with van der Waals surface area (Å²) in [6.07, 6.45) is 0.126. The molecule has 0 aliphatic rings. The zero-order valence-electron chi connectivity index (χ0n) is 12.9. The van der Waals surface area contributed by atoms with Gasteiger partial charge in [0.2, 0.25) is 0 Å². The van der Waals surface area contributed by atoms with Crippen molar-refractivity contribution >= 4 is 16.8 Å². The first-order chi connectivity index (χ1) is 9.86. The maximum absolute atomic E-state index is 12.2. The van der Waals surface area contributed by atoms with Crippen LogP contribution in [-0.4, -0.2) is 12.4 Å². The summed E-state index contributed by atoms with van der Waals surface area (Å²) in [6.45, 7) is 8.06. The van der Waals surface area contributed by atoms with Crippen molar-refractivity contribution in [1.29, 1.82) is 0 Å². The predicted octanol–water partition coefficient (Wildman–Crippen LogP) is 3.27. The number of carbonyl (C=O) groups excluding carboxylic acids is 1. The third kappa shape index (κ3) is 3.72. The highest BCUT2D eigenvalue weighted by Gasteiger charge is 2.11. The molecule has 1 aromatic carbocycles. The molecule has 1 aromatic heterocycles. The van der Waals surface area contributed by atoms with E-state index in [2.05, 4.69) is 13.8 Å². The first kappa shape index (κ1) is 15.3. The van der Waals surface area contributed by atoms with Gasteiger partial charge in [0.25, 0.3) is 0 Å². The molecule has 1 heterocycles. The van der Waals surface area contributed by atoms with Gasteiger partial charge >= 0.3 is 0 Å². The number of aryl methyl sites for hydroxylation is 1. The largest absolute Gasteiger partial charge is 0.493 e. The second kappa shape index (κ2) is 6.12. The Balaban J connectivity index is 2.49. The maximum Gasteiger partial charge on any atom is 0.193 e. The van der Waals surface area contributed by atoms with Gasteiger partial charge < -0.3 is 9.15 Å². The zero-order valence-corrected chi connectivity index (χ0v) is 12.9. The standard InChI is InChI=1S/C17H20O4/c1-10(2)9-20-13-5-11(3)17-15(19)7-14(6-12(4)18)21-16(17)8-13/h5,7-8,10H,6,9H2,1-4H3. The monoisotopic (exact) mass is 288 g/mol. The van der Waals surface area contributed by atoms with Crippen LogP contribution in [0.4, 0.5) is 0 Å². The quantitative estimate of drug-likeness (QED) is 0.847. The summed E-state index contributed by atoms with van der Waals surface area (Å²) >= 11 is 0. The number of benzene rings is 1. The third-order valence-electron chi connectivity index (χ3n) is 3.06. The molecular formula is C17H20O4. The van der Waals surface area contributed by atoms with Gasteiger partial charge in [-0.2, -0.15) is 0 Å². The fraction of sp³-hybridized carbons (Fsp3) is 0.412. The van der Waals surface area contributed by atoms with Gasteiger partial charge in [0.05, 0.1) is 18.4 Å². The van der Waals surface area contributed by atoms with Gasteiger partial charge in [0, 0.05) is 12.1 Å². The average Bonchev–Trinajstić information content (AvgIpc) is 2.34. The SMILES string of the molecule is CC(=O)Cc1cc(=O)c2c(C)cc(OCC(C)C)cc2o1. The molecule has 0 bridgehead atoms. The highest BCUT2D eigenvalue weighted by Crippen LogP contribution is 2.24. The van der Waals surface area contributed by atoms with E-state index in [4.69, 9.17) is 9.15 Å². The molecule has 0 aliphatic heterocycles. The lowest BCUT2D eigenvalue weighted by atomic mass is 10.1. The van der Waals surface area contributed by atoms with Crippen LogP contribution in [0.1, 0.15) is 32.1 Å². The van der Waals surface area contributed by atoms with Gasteiger partial charge in [-0.25, -0.2) is 0 Å². The molecule has 0 radical (unpaired) electrons. The Morgan fingerprint density at radius 1 is 1.29 bits per heavy atom. The number of hydrogen-bond donors (Lipinski definition) is 0. The molecule has 2 rings (SSSR count). The van der Waals surface area contributed by atoms with Gasteiger partial charge in [0.1, 0.15) is 22.9 Å². The smallest absolute Gasteiger partial charge is 0.193 e. The summed E-state index contributed by atoms with van der Waals surface area (Å²) in [5, 5.41) is 0.541. The van der Waals surface area contributed by atoms with E-state index in [1.807, 2.05) is 13.0 Å². The maximum atomic E-state index is 12.2. The van der Waals surface area contributed by atoms with E-state index >= 15 is 0 Å². The minimum absolute atomic E-state index is 0.0403. The van der Waals surface area contributed by atoms with Crippen LogP contribution in [0.25, 0.3) is 11.0 Å². The molecule has 0 unspecified atom stereocenters. The second-order valence-corrected chi connectivity index (χ2v) is 5.77. The van der Waals surface area contributed by atoms with Crippen molar-refractivity contribution in [2.24, 2.45) is 5.92 Å². The highest BCUT2D eigenvalue weighted by molar-refractivity contribution is 5.83. The number of Topliss-reactive ketones (excluding diaryl/α,β-unsaturated/α-hetero) is 1. The van der Waals surface area contributed by atoms with Crippen LogP contribution in [0.5, 0.6) is 5.75 Å². The molecule has 0 N–H and O–H groups in total. The van der Waals surface area contributed by atoms with Crippen LogP contribution in [0, 0.1) is 12.8 Å². The second-order valence-electron chi connectivity index (χ2n) is 5.77. The number of hydrogen-bond acceptors (Lipinski definition) is 4. The van der Waals surface area contributed by atoms with Crippen LogP contribution in [0.2, 0.25) is 0 Å². The molecule has 112 valence electrons. The first-order valence-electron chi connectivity index (χ1n) is 7.06. The molecule has 0 saturated heterocycles. The molecule has 0 atom stereocenters. The Kier molecular flexibility index (Phi) is 4.46. The summed E-state index contributed by atoms with van der Waals surface area (Å²) in [4.78, 5) is 23.4. The molecule has 0 saturated carbocycles. The molecule has 4 nitrogen and oxygen atoms in total. The van der Waals surface area contributed by atoms with E-state index < -0.39 is 0 Å². The molecular weight excluding hydrogens is 268 g/mol. The topological polar surface area (TPSA) is 56.5 Å². The van der Waals surface area contributed by atoms with E-state index in [9.17, 15) is 9.59 Å². The number of fused-ring (bicyclic) bond motifs is 1. The highest BCUT2D eigenvalue weighted by atomic mass is 16.5. The summed E-state index contributed by atoms with van der Waals surface area (Å²) < 4.78 is 11.4. The van der Waals surface area contributed by atoms with Crippen LogP contribution in [0.3, 0.4) is 0 Å². The lowest BCUT2D eigenvalue weighted by Crippen LogP contribution is -2.08. The summed E-state index contributed by atoms with van der Waals surface area (Å²) in [6, 6.07) is 4.95. The minimum atomic E-state index is -0.125. The van der Waals surface area contributed by atoms with Gasteiger partial charge in [-0.05, 0) is 31.4 Å². The van der Waals surface area contributed by atoms with Gasteiger partial charge in [-0.1, -0.05) is 13.8 Å². The van der Waals surface area contributed by atoms with Gasteiger partial charge in [-0.3, -0.25) is 9.59 Å². The Bertz CT molecular complexity index is 725. The van der Waals surface area contributed by atoms with E-state index in [0.29, 0.717) is 35.0 Å². The number of carbonyl (C=O) groups is 1. The number of ketones is 1. The fourth-order valence-corrected chi connectivity index (χ4v) is 2.19. The molecule has 0 aliphatic carbocycles. The van der Waals surface area contributed by atoms with Crippen LogP contribution in [0.15, 0.2) is 27.4 Å². The molecule has 0 spiro atoms. The minimum Gasteiger partial charge on any atom is -0.493 e. The van der Waals surface area contributed by atoms with E-state index in [0.717, 1.165) is 5.56 Å². The fourth-order valence-electron chi connectivity index (χ4n) is 2.19. The van der Waals surface area contributed by atoms with Crippen molar-refractivity contribution in [3.8, 4) is 5.75 Å². The summed E-state index contributed by atoms with van der Waals surface area (Å²) in [5.41, 5.74) is 1.16. The van der Waals surface area contributed by atoms with Crippen LogP contribution >= 0.6 is 0 Å². The Morgan fingerprint density at radius 2 is 2.00 bits per heavy atom. The van der Waals surface area contributed by atoms with Gasteiger partial charge in [-0.15, -0.1) is 0 Å². The van der Waals surface area contributed by atoms with Crippen LogP contribution < -0.4 is 10.2 Å². The van der Waals surface area contributed by atoms with Crippen molar-refractivity contribution in [3.63, 3.8) is 0 Å². The Hall–Kier alpha value is -2.10. The predicted molar refractivity (Wildman–Crippen MR) is 81.9 cm³/mol. The van der Waals surface area contributed by atoms with Crippen molar-refractivity contribution in [1.82, 2.24) is 0 Å². The van der Waals surface area contributed by atoms with E-state index in [1.165, 1.54) is 13.0 Å². The Morgan fingerprint density at radius 3 is 2.62 bits per heavy atom. The molecule has 0 fully saturated rings. The summed E-state index contributed by atoms with van der Waals surface area (Å²) in [5.74, 6) is 1.44. The first-order valence-corrected chi connectivity index (χ1v) is 7.06. The molecule has 0 amide bonds. The number of rotatable bonds is 5. The van der Waals surface area contributed by atoms with E-state index in [1.54, 1.807) is 6.07 Å². The lowest BCUT2D eigenvalue weighted by molar-refractivity contribution is -0.116. The third-order valence-corrected chi connectivity index (χ3v) is 3.06. The zero-order chi connectivity index (χ0) is 15.6. The van der Waals surface area contributed by atoms with Crippen molar-refractivity contribution in [2.75, 3.05) is 6.61 Å². The van der Waals surface area contributed by atoms with Crippen molar-refractivity contribution in [2.45, 2.75) is 34.1 Å². The summed E-state index contributed by atoms with van der Waals surface area (Å²) in [7, 11) is 0. The Labute approximate surface area is 123 Å². The average molecular weight is 288 g/mol. The van der Waals surface area contributed by atoms with Crippen molar-refractivity contribution < 1.29 is 13.9 Å². The molecule has 2 aromatic rings. The van der Waals surface area contributed by atoms with E-state index in [-0.39, 0.29) is 17.6 Å². The van der Waals surface area contributed by atoms with Crippen LogP contribution in [-0.2, 0) is 11.2 Å². The lowest BCUT2D eigenvalue weighted by Gasteiger charge is -2.11. The van der Waals surface area contributed by atoms with Crippen molar-refractivity contribution in [3.05, 3.63) is 39.7 Å². The normalized spacial score (nSPS) is 11.1. The molecule has 21 heavy (non-hydrogen) atoms. The number of ether oxygens (including phenoxy) is 1.